The van der Waals surface area contributed by atoms with E-state index in [1.165, 1.54) is 0 Å². The molecular formula is C10H11NO. The number of hydrogen-bond donors (Lipinski definition) is 1. The van der Waals surface area contributed by atoms with Crippen LogP contribution in [0, 0.1) is 32.1 Å². The van der Waals surface area contributed by atoms with E-state index in [1.807, 2.05) is 19.9 Å². The van der Waals surface area contributed by atoms with E-state index < -0.39 is 0 Å². The first-order chi connectivity index (χ1) is 5.57. The normalized spacial score (nSPS) is 9.50. The molecule has 0 heterocycles. The summed E-state index contributed by atoms with van der Waals surface area (Å²) >= 11 is 0. The van der Waals surface area contributed by atoms with Crippen LogP contribution in [0.1, 0.15) is 22.3 Å². The molecule has 0 bridgehead atoms. The quantitative estimate of drug-likeness (QED) is 0.633. The molecule has 2 heteroatoms. The van der Waals surface area contributed by atoms with Gasteiger partial charge in [-0.2, -0.15) is 5.26 Å². The maximum atomic E-state index is 9.49. The van der Waals surface area contributed by atoms with Gasteiger partial charge in [0.1, 0.15) is 5.75 Å². The predicted molar refractivity (Wildman–Crippen MR) is 47.0 cm³/mol. The van der Waals surface area contributed by atoms with E-state index in [0.717, 1.165) is 11.1 Å². The predicted octanol–water partition coefficient (Wildman–Crippen LogP) is 2.19. The highest BCUT2D eigenvalue weighted by Crippen LogP contribution is 2.26. The molecule has 0 amide bonds. The van der Waals surface area contributed by atoms with Crippen LogP contribution in [-0.4, -0.2) is 5.11 Å². The maximum absolute atomic E-state index is 9.49. The highest BCUT2D eigenvalue weighted by molar-refractivity contribution is 5.53. The van der Waals surface area contributed by atoms with Crippen molar-refractivity contribution in [1.29, 1.82) is 5.26 Å². The van der Waals surface area contributed by atoms with E-state index in [4.69, 9.17) is 5.26 Å². The minimum Gasteiger partial charge on any atom is -0.507 e. The Hall–Kier alpha value is -1.49. The summed E-state index contributed by atoms with van der Waals surface area (Å²) < 4.78 is 0. The summed E-state index contributed by atoms with van der Waals surface area (Å²) in [4.78, 5) is 0. The third-order valence-corrected chi connectivity index (χ3v) is 2.04. The van der Waals surface area contributed by atoms with E-state index in [9.17, 15) is 5.11 Å². The number of rotatable bonds is 0. The molecule has 0 aliphatic carbocycles. The van der Waals surface area contributed by atoms with Crippen LogP contribution < -0.4 is 0 Å². The molecule has 0 fully saturated rings. The third-order valence-electron chi connectivity index (χ3n) is 2.04. The van der Waals surface area contributed by atoms with Crippen LogP contribution in [0.4, 0.5) is 0 Å². The van der Waals surface area contributed by atoms with Gasteiger partial charge in [0.2, 0.25) is 0 Å². The number of hydrogen-bond acceptors (Lipinski definition) is 2. The van der Waals surface area contributed by atoms with E-state index in [1.54, 1.807) is 6.92 Å². The van der Waals surface area contributed by atoms with Crippen molar-refractivity contribution in [1.82, 2.24) is 0 Å². The van der Waals surface area contributed by atoms with Gasteiger partial charge in [0, 0.05) is 5.56 Å². The molecule has 12 heavy (non-hydrogen) atoms. The SMILES string of the molecule is Cc1cc(C)c(C#N)c(C)c1O. The molecule has 0 aromatic heterocycles. The van der Waals surface area contributed by atoms with Gasteiger partial charge in [-0.15, -0.1) is 0 Å². The lowest BCUT2D eigenvalue weighted by atomic mass is 10.00. The summed E-state index contributed by atoms with van der Waals surface area (Å²) in [6.45, 7) is 5.46. The smallest absolute Gasteiger partial charge is 0.122 e. The molecule has 1 N–H and O–H groups in total. The molecule has 1 aromatic rings. The van der Waals surface area contributed by atoms with Crippen molar-refractivity contribution < 1.29 is 5.11 Å². The fourth-order valence-electron chi connectivity index (χ4n) is 1.35. The zero-order chi connectivity index (χ0) is 9.30. The van der Waals surface area contributed by atoms with Crippen molar-refractivity contribution in [2.75, 3.05) is 0 Å². The lowest BCUT2D eigenvalue weighted by molar-refractivity contribution is 0.466. The van der Waals surface area contributed by atoms with Crippen LogP contribution in [-0.2, 0) is 0 Å². The Morgan fingerprint density at radius 1 is 1.25 bits per heavy atom. The molecule has 0 spiro atoms. The number of nitrogens with zero attached hydrogens (tertiary/aromatic N) is 1. The molecule has 1 aromatic carbocycles. The molecular weight excluding hydrogens is 150 g/mol. The van der Waals surface area contributed by atoms with Gasteiger partial charge in [-0.05, 0) is 31.9 Å². The minimum atomic E-state index is 0.233. The molecule has 0 atom stereocenters. The monoisotopic (exact) mass is 161 g/mol. The van der Waals surface area contributed by atoms with Gasteiger partial charge in [-0.25, -0.2) is 0 Å². The first-order valence-corrected chi connectivity index (χ1v) is 3.77. The Kier molecular flexibility index (Phi) is 2.05. The number of phenols is 1. The Balaban J connectivity index is 3.54. The third kappa shape index (κ3) is 1.14. The average Bonchev–Trinajstić information content (AvgIpc) is 2.01. The maximum Gasteiger partial charge on any atom is 0.122 e. The van der Waals surface area contributed by atoms with Gasteiger partial charge in [0.15, 0.2) is 0 Å². The van der Waals surface area contributed by atoms with Gasteiger partial charge >= 0.3 is 0 Å². The van der Waals surface area contributed by atoms with Crippen LogP contribution >= 0.6 is 0 Å². The molecule has 1 rings (SSSR count). The molecule has 2 nitrogen and oxygen atoms in total. The van der Waals surface area contributed by atoms with Crippen LogP contribution in [0.15, 0.2) is 6.07 Å². The second-order valence-corrected chi connectivity index (χ2v) is 2.97. The molecule has 0 saturated heterocycles. The van der Waals surface area contributed by atoms with E-state index in [-0.39, 0.29) is 5.75 Å². The molecule has 62 valence electrons. The van der Waals surface area contributed by atoms with Gasteiger partial charge in [0.25, 0.3) is 0 Å². The number of aryl methyl sites for hydroxylation is 2. The Bertz CT molecular complexity index is 361. The van der Waals surface area contributed by atoms with Crippen LogP contribution in [0.5, 0.6) is 5.75 Å². The first-order valence-electron chi connectivity index (χ1n) is 3.77. The largest absolute Gasteiger partial charge is 0.507 e. The second kappa shape index (κ2) is 2.86. The molecule has 0 aliphatic rings. The molecule has 0 radical (unpaired) electrons. The zero-order valence-electron chi connectivity index (χ0n) is 7.47. The first kappa shape index (κ1) is 8.61. The summed E-state index contributed by atoms with van der Waals surface area (Å²) in [5.41, 5.74) is 3.00. The van der Waals surface area contributed by atoms with Crippen LogP contribution in [0.25, 0.3) is 0 Å². The summed E-state index contributed by atoms with van der Waals surface area (Å²) in [7, 11) is 0. The van der Waals surface area contributed by atoms with Gasteiger partial charge in [-0.1, -0.05) is 6.07 Å². The Morgan fingerprint density at radius 2 is 1.83 bits per heavy atom. The van der Waals surface area contributed by atoms with Crippen molar-refractivity contribution in [2.24, 2.45) is 0 Å². The van der Waals surface area contributed by atoms with E-state index in [0.29, 0.717) is 11.1 Å². The number of aromatic hydroxyl groups is 1. The van der Waals surface area contributed by atoms with Crippen LogP contribution in [0.2, 0.25) is 0 Å². The van der Waals surface area contributed by atoms with Crippen LogP contribution in [0.3, 0.4) is 0 Å². The molecule has 0 unspecified atom stereocenters. The lowest BCUT2D eigenvalue weighted by Gasteiger charge is -2.07. The standard InChI is InChI=1S/C10H11NO/c1-6-4-7(2)10(12)8(3)9(6)5-11/h4,12H,1-3H3. The highest BCUT2D eigenvalue weighted by Gasteiger charge is 2.08. The number of nitriles is 1. The van der Waals surface area contributed by atoms with Crippen molar-refractivity contribution in [3.63, 3.8) is 0 Å². The van der Waals surface area contributed by atoms with Crippen molar-refractivity contribution in [3.05, 3.63) is 28.3 Å². The van der Waals surface area contributed by atoms with E-state index in [2.05, 4.69) is 6.07 Å². The number of benzene rings is 1. The van der Waals surface area contributed by atoms with Crippen molar-refractivity contribution >= 4 is 0 Å². The minimum absolute atomic E-state index is 0.233. The fourth-order valence-corrected chi connectivity index (χ4v) is 1.35. The second-order valence-electron chi connectivity index (χ2n) is 2.97. The van der Waals surface area contributed by atoms with Gasteiger partial charge in [0.05, 0.1) is 11.6 Å². The highest BCUT2D eigenvalue weighted by atomic mass is 16.3. The lowest BCUT2D eigenvalue weighted by Crippen LogP contribution is -1.90. The van der Waals surface area contributed by atoms with Crippen molar-refractivity contribution in [3.8, 4) is 11.8 Å². The summed E-state index contributed by atoms with van der Waals surface area (Å²) in [6, 6.07) is 3.89. The number of phenolic OH excluding ortho intramolecular Hbond substituents is 1. The summed E-state index contributed by atoms with van der Waals surface area (Å²) in [6.07, 6.45) is 0. The molecule has 0 saturated carbocycles. The topological polar surface area (TPSA) is 44.0 Å². The zero-order valence-corrected chi connectivity index (χ0v) is 7.47. The Morgan fingerprint density at radius 3 is 2.33 bits per heavy atom. The summed E-state index contributed by atoms with van der Waals surface area (Å²) in [5.74, 6) is 0.233. The Labute approximate surface area is 72.1 Å². The molecule has 0 aliphatic heterocycles. The van der Waals surface area contributed by atoms with Gasteiger partial charge in [-0.3, -0.25) is 0 Å². The van der Waals surface area contributed by atoms with Crippen molar-refractivity contribution in [2.45, 2.75) is 20.8 Å². The summed E-state index contributed by atoms with van der Waals surface area (Å²) in [5, 5.41) is 18.2. The average molecular weight is 161 g/mol. The fraction of sp³-hybridized carbons (Fsp3) is 0.300. The van der Waals surface area contributed by atoms with Gasteiger partial charge < -0.3 is 5.11 Å². The van der Waals surface area contributed by atoms with E-state index >= 15 is 0 Å².